The Hall–Kier alpha value is -0.350. The standard InChI is InChI=1S/C10H21NO2S/c1-6-7-8-9(11-4)10(2,3)14(5,12)13/h6,9,11H,1,7-8H2,2-5H3. The van der Waals surface area contributed by atoms with Crippen LogP contribution in [0.4, 0.5) is 0 Å². The summed E-state index contributed by atoms with van der Waals surface area (Å²) < 4.78 is 22.4. The second-order valence-corrected chi connectivity index (χ2v) is 6.68. The Kier molecular flexibility index (Phi) is 4.81. The van der Waals surface area contributed by atoms with Crippen LogP contribution in [0, 0.1) is 0 Å². The minimum absolute atomic E-state index is 0.0319. The van der Waals surface area contributed by atoms with Crippen LogP contribution in [0.25, 0.3) is 0 Å². The van der Waals surface area contributed by atoms with Gasteiger partial charge in [0.05, 0.1) is 4.75 Å². The largest absolute Gasteiger partial charge is 0.315 e. The van der Waals surface area contributed by atoms with Crippen molar-refractivity contribution in [2.24, 2.45) is 0 Å². The number of nitrogens with one attached hydrogen (secondary N) is 1. The maximum Gasteiger partial charge on any atom is 0.154 e. The fourth-order valence-electron chi connectivity index (χ4n) is 1.38. The summed E-state index contributed by atoms with van der Waals surface area (Å²) in [5, 5.41) is 3.06. The van der Waals surface area contributed by atoms with Gasteiger partial charge in [-0.05, 0) is 33.7 Å². The van der Waals surface area contributed by atoms with Gasteiger partial charge < -0.3 is 5.32 Å². The highest BCUT2D eigenvalue weighted by Gasteiger charge is 2.37. The molecule has 0 aromatic rings. The molecule has 3 nitrogen and oxygen atoms in total. The average molecular weight is 219 g/mol. The van der Waals surface area contributed by atoms with Crippen molar-refractivity contribution in [2.45, 2.75) is 37.5 Å². The smallest absolute Gasteiger partial charge is 0.154 e. The summed E-state index contributed by atoms with van der Waals surface area (Å²) in [6, 6.07) is -0.0319. The third-order valence-corrected chi connectivity index (χ3v) is 5.00. The van der Waals surface area contributed by atoms with E-state index in [2.05, 4.69) is 11.9 Å². The molecule has 0 fully saturated rings. The molecule has 1 unspecified atom stereocenters. The SMILES string of the molecule is C=CCCC(NC)C(C)(C)S(C)(=O)=O. The van der Waals surface area contributed by atoms with Gasteiger partial charge in [-0.15, -0.1) is 6.58 Å². The van der Waals surface area contributed by atoms with E-state index in [1.807, 2.05) is 6.08 Å². The van der Waals surface area contributed by atoms with Crippen LogP contribution in [-0.2, 0) is 9.84 Å². The molecule has 0 amide bonds. The molecule has 84 valence electrons. The zero-order valence-corrected chi connectivity index (χ0v) is 10.3. The van der Waals surface area contributed by atoms with Crippen molar-refractivity contribution >= 4 is 9.84 Å². The van der Waals surface area contributed by atoms with E-state index in [9.17, 15) is 8.42 Å². The fourth-order valence-corrected chi connectivity index (χ4v) is 2.13. The Bertz CT molecular complexity index is 280. The number of hydrogen-bond acceptors (Lipinski definition) is 3. The molecule has 0 aliphatic heterocycles. The van der Waals surface area contributed by atoms with E-state index in [0.29, 0.717) is 0 Å². The van der Waals surface area contributed by atoms with Crippen LogP contribution in [0.5, 0.6) is 0 Å². The van der Waals surface area contributed by atoms with Gasteiger partial charge in [-0.3, -0.25) is 0 Å². The number of rotatable bonds is 6. The van der Waals surface area contributed by atoms with E-state index in [0.717, 1.165) is 12.8 Å². The van der Waals surface area contributed by atoms with Gasteiger partial charge in [-0.2, -0.15) is 0 Å². The lowest BCUT2D eigenvalue weighted by Gasteiger charge is -2.32. The molecule has 0 saturated heterocycles. The van der Waals surface area contributed by atoms with E-state index in [1.165, 1.54) is 6.26 Å². The van der Waals surface area contributed by atoms with Crippen molar-refractivity contribution < 1.29 is 8.42 Å². The van der Waals surface area contributed by atoms with Gasteiger partial charge >= 0.3 is 0 Å². The van der Waals surface area contributed by atoms with Crippen LogP contribution in [0.3, 0.4) is 0 Å². The van der Waals surface area contributed by atoms with Crippen LogP contribution in [0.1, 0.15) is 26.7 Å². The van der Waals surface area contributed by atoms with E-state index in [-0.39, 0.29) is 6.04 Å². The molecule has 4 heteroatoms. The summed E-state index contributed by atoms with van der Waals surface area (Å²) >= 11 is 0. The second-order valence-electron chi connectivity index (χ2n) is 4.08. The molecular weight excluding hydrogens is 198 g/mol. The Balaban J connectivity index is 4.74. The molecule has 0 spiro atoms. The van der Waals surface area contributed by atoms with Gasteiger partial charge in [-0.25, -0.2) is 8.42 Å². The van der Waals surface area contributed by atoms with Crippen LogP contribution < -0.4 is 5.32 Å². The molecule has 0 aromatic carbocycles. The Morgan fingerprint density at radius 1 is 1.50 bits per heavy atom. The third kappa shape index (κ3) is 3.10. The van der Waals surface area contributed by atoms with Gasteiger partial charge in [0.1, 0.15) is 0 Å². The summed E-state index contributed by atoms with van der Waals surface area (Å²) in [4.78, 5) is 0. The van der Waals surface area contributed by atoms with Crippen LogP contribution in [0.15, 0.2) is 12.7 Å². The molecule has 0 aliphatic carbocycles. The highest BCUT2D eigenvalue weighted by atomic mass is 32.2. The van der Waals surface area contributed by atoms with E-state index >= 15 is 0 Å². The van der Waals surface area contributed by atoms with E-state index in [1.54, 1.807) is 20.9 Å². The van der Waals surface area contributed by atoms with Crippen molar-refractivity contribution in [3.8, 4) is 0 Å². The van der Waals surface area contributed by atoms with Crippen molar-refractivity contribution in [2.75, 3.05) is 13.3 Å². The first-order valence-corrected chi connectivity index (χ1v) is 6.64. The first-order chi connectivity index (χ1) is 6.27. The van der Waals surface area contributed by atoms with Crippen LogP contribution >= 0.6 is 0 Å². The molecule has 0 heterocycles. The number of allylic oxidation sites excluding steroid dienone is 1. The Morgan fingerprint density at radius 2 is 2.00 bits per heavy atom. The van der Waals surface area contributed by atoms with Crippen LogP contribution in [0.2, 0.25) is 0 Å². The van der Waals surface area contributed by atoms with Crippen molar-refractivity contribution in [3.63, 3.8) is 0 Å². The highest BCUT2D eigenvalue weighted by molar-refractivity contribution is 7.92. The van der Waals surface area contributed by atoms with Gasteiger partial charge in [-0.1, -0.05) is 6.08 Å². The molecule has 0 aliphatic rings. The molecular formula is C10H21NO2S. The van der Waals surface area contributed by atoms with Crippen molar-refractivity contribution in [1.29, 1.82) is 0 Å². The molecule has 1 N–H and O–H groups in total. The van der Waals surface area contributed by atoms with Gasteiger partial charge in [0.25, 0.3) is 0 Å². The summed E-state index contributed by atoms with van der Waals surface area (Å²) in [5.74, 6) is 0. The lowest BCUT2D eigenvalue weighted by molar-refractivity contribution is 0.413. The summed E-state index contributed by atoms with van der Waals surface area (Å²) in [5.41, 5.74) is 0. The van der Waals surface area contributed by atoms with Crippen molar-refractivity contribution in [1.82, 2.24) is 5.32 Å². The van der Waals surface area contributed by atoms with E-state index in [4.69, 9.17) is 0 Å². The molecule has 14 heavy (non-hydrogen) atoms. The lowest BCUT2D eigenvalue weighted by atomic mass is 9.98. The second kappa shape index (κ2) is 4.94. The number of sulfone groups is 1. The van der Waals surface area contributed by atoms with Gasteiger partial charge in [0.15, 0.2) is 9.84 Å². The summed E-state index contributed by atoms with van der Waals surface area (Å²) in [7, 11) is -1.25. The molecule has 0 saturated carbocycles. The first kappa shape index (κ1) is 13.7. The average Bonchev–Trinajstić information content (AvgIpc) is 2.03. The Morgan fingerprint density at radius 3 is 2.29 bits per heavy atom. The quantitative estimate of drug-likeness (QED) is 0.686. The Labute approximate surface area is 87.5 Å². The molecule has 0 rings (SSSR count). The minimum Gasteiger partial charge on any atom is -0.315 e. The normalized spacial score (nSPS) is 15.1. The molecule has 0 radical (unpaired) electrons. The maximum atomic E-state index is 11.6. The predicted octanol–water partition coefficient (Wildman–Crippen LogP) is 1.36. The van der Waals surface area contributed by atoms with Gasteiger partial charge in [0.2, 0.25) is 0 Å². The monoisotopic (exact) mass is 219 g/mol. The lowest BCUT2D eigenvalue weighted by Crippen LogP contribution is -2.50. The predicted molar refractivity (Wildman–Crippen MR) is 61.2 cm³/mol. The third-order valence-electron chi connectivity index (χ3n) is 2.80. The zero-order valence-electron chi connectivity index (χ0n) is 9.50. The molecule has 1 atom stereocenters. The van der Waals surface area contributed by atoms with Gasteiger partial charge in [0, 0.05) is 12.3 Å². The minimum atomic E-state index is -3.04. The topological polar surface area (TPSA) is 46.2 Å². The molecule has 0 bridgehead atoms. The first-order valence-electron chi connectivity index (χ1n) is 4.75. The summed E-state index contributed by atoms with van der Waals surface area (Å²) in [6.45, 7) is 7.15. The van der Waals surface area contributed by atoms with Crippen LogP contribution in [-0.4, -0.2) is 32.5 Å². The number of hydrogen-bond donors (Lipinski definition) is 1. The molecule has 0 aromatic heterocycles. The van der Waals surface area contributed by atoms with E-state index < -0.39 is 14.6 Å². The zero-order chi connectivity index (χ0) is 11.4. The highest BCUT2D eigenvalue weighted by Crippen LogP contribution is 2.23. The van der Waals surface area contributed by atoms with Crippen molar-refractivity contribution in [3.05, 3.63) is 12.7 Å². The fraction of sp³-hybridized carbons (Fsp3) is 0.800. The summed E-state index contributed by atoms with van der Waals surface area (Å²) in [6.07, 6.45) is 4.71. The maximum absolute atomic E-state index is 11.6.